The average Bonchev–Trinajstić information content (AvgIpc) is 2.15. The minimum atomic E-state index is -0.320. The van der Waals surface area contributed by atoms with Crippen molar-refractivity contribution in [1.82, 2.24) is 0 Å². The summed E-state index contributed by atoms with van der Waals surface area (Å²) in [5.74, 6) is 1.88. The number of carbonyl (C=O) groups excluding carboxylic acids is 1. The summed E-state index contributed by atoms with van der Waals surface area (Å²) in [6, 6.07) is 0. The molecule has 2 nitrogen and oxygen atoms in total. The Morgan fingerprint density at radius 2 is 2.00 bits per heavy atom. The SMILES string of the molecule is C=C(C(N)=O)C1CC(C)CCC1C(C)C. The molecular weight excluding hydrogens is 186 g/mol. The van der Waals surface area contributed by atoms with Crippen LogP contribution in [-0.2, 0) is 4.79 Å². The second-order valence-corrected chi connectivity index (χ2v) is 5.32. The third kappa shape index (κ3) is 2.83. The Labute approximate surface area is 92.9 Å². The summed E-state index contributed by atoms with van der Waals surface area (Å²) < 4.78 is 0. The van der Waals surface area contributed by atoms with Gasteiger partial charge in [0, 0.05) is 5.57 Å². The van der Waals surface area contributed by atoms with E-state index in [9.17, 15) is 4.79 Å². The third-order valence-corrected chi connectivity index (χ3v) is 3.79. The van der Waals surface area contributed by atoms with Gasteiger partial charge in [0.1, 0.15) is 0 Å². The number of rotatable bonds is 3. The molecule has 0 bridgehead atoms. The molecule has 3 unspecified atom stereocenters. The molecule has 86 valence electrons. The number of nitrogens with two attached hydrogens (primary N) is 1. The summed E-state index contributed by atoms with van der Waals surface area (Å²) in [5.41, 5.74) is 5.98. The second-order valence-electron chi connectivity index (χ2n) is 5.32. The van der Waals surface area contributed by atoms with Gasteiger partial charge in [-0.25, -0.2) is 0 Å². The maximum Gasteiger partial charge on any atom is 0.244 e. The molecule has 0 aromatic carbocycles. The molecule has 2 heteroatoms. The van der Waals surface area contributed by atoms with Gasteiger partial charge in [-0.3, -0.25) is 4.79 Å². The molecule has 0 spiro atoms. The largest absolute Gasteiger partial charge is 0.366 e. The Hall–Kier alpha value is -0.790. The topological polar surface area (TPSA) is 43.1 Å². The zero-order valence-electron chi connectivity index (χ0n) is 10.1. The van der Waals surface area contributed by atoms with Gasteiger partial charge in [-0.1, -0.05) is 33.8 Å². The third-order valence-electron chi connectivity index (χ3n) is 3.79. The molecule has 1 fully saturated rings. The van der Waals surface area contributed by atoms with Crippen LogP contribution in [0.3, 0.4) is 0 Å². The number of carbonyl (C=O) groups is 1. The molecule has 0 radical (unpaired) electrons. The van der Waals surface area contributed by atoms with Crippen LogP contribution in [-0.4, -0.2) is 5.91 Å². The van der Waals surface area contributed by atoms with Gasteiger partial charge in [-0.05, 0) is 36.5 Å². The van der Waals surface area contributed by atoms with Crippen molar-refractivity contribution >= 4 is 5.91 Å². The van der Waals surface area contributed by atoms with Crippen LogP contribution in [0, 0.1) is 23.7 Å². The lowest BCUT2D eigenvalue weighted by atomic mass is 9.67. The second kappa shape index (κ2) is 4.82. The summed E-state index contributed by atoms with van der Waals surface area (Å²) >= 11 is 0. The summed E-state index contributed by atoms with van der Waals surface area (Å²) in [6.07, 6.45) is 3.55. The van der Waals surface area contributed by atoms with E-state index in [2.05, 4.69) is 27.4 Å². The Kier molecular flexibility index (Phi) is 3.95. The molecule has 15 heavy (non-hydrogen) atoms. The zero-order chi connectivity index (χ0) is 11.6. The first-order chi connectivity index (χ1) is 6.93. The van der Waals surface area contributed by atoms with E-state index >= 15 is 0 Å². The molecule has 2 N–H and O–H groups in total. The Morgan fingerprint density at radius 1 is 1.40 bits per heavy atom. The first-order valence-corrected chi connectivity index (χ1v) is 5.92. The van der Waals surface area contributed by atoms with Gasteiger partial charge in [0.25, 0.3) is 0 Å². The van der Waals surface area contributed by atoms with Crippen LogP contribution < -0.4 is 5.73 Å². The predicted octanol–water partition coefficient (Wildman–Crippen LogP) is 2.74. The summed E-state index contributed by atoms with van der Waals surface area (Å²) in [7, 11) is 0. The molecule has 1 amide bonds. The van der Waals surface area contributed by atoms with Gasteiger partial charge in [-0.2, -0.15) is 0 Å². The molecule has 1 saturated carbocycles. The molecule has 1 aliphatic carbocycles. The van der Waals surface area contributed by atoms with E-state index in [1.165, 1.54) is 12.8 Å². The monoisotopic (exact) mass is 209 g/mol. The van der Waals surface area contributed by atoms with E-state index in [-0.39, 0.29) is 5.91 Å². The molecular formula is C13H23NO. The molecule has 3 atom stereocenters. The van der Waals surface area contributed by atoms with Crippen molar-refractivity contribution in [3.05, 3.63) is 12.2 Å². The van der Waals surface area contributed by atoms with Crippen LogP contribution in [0.5, 0.6) is 0 Å². The smallest absolute Gasteiger partial charge is 0.244 e. The fourth-order valence-corrected chi connectivity index (χ4v) is 2.79. The lowest BCUT2D eigenvalue weighted by molar-refractivity contribution is -0.115. The lowest BCUT2D eigenvalue weighted by Crippen LogP contribution is -2.33. The van der Waals surface area contributed by atoms with Crippen molar-refractivity contribution in [1.29, 1.82) is 0 Å². The maximum atomic E-state index is 11.2. The highest BCUT2D eigenvalue weighted by molar-refractivity contribution is 5.91. The van der Waals surface area contributed by atoms with E-state index in [1.54, 1.807) is 0 Å². The van der Waals surface area contributed by atoms with Gasteiger partial charge in [0.15, 0.2) is 0 Å². The number of amides is 1. The van der Waals surface area contributed by atoms with Gasteiger partial charge >= 0.3 is 0 Å². The highest BCUT2D eigenvalue weighted by Gasteiger charge is 2.33. The van der Waals surface area contributed by atoms with E-state index in [4.69, 9.17) is 5.73 Å². The van der Waals surface area contributed by atoms with Crippen molar-refractivity contribution in [3.63, 3.8) is 0 Å². The molecule has 0 heterocycles. The van der Waals surface area contributed by atoms with Gasteiger partial charge in [0.05, 0.1) is 0 Å². The summed E-state index contributed by atoms with van der Waals surface area (Å²) in [5, 5.41) is 0. The van der Waals surface area contributed by atoms with Crippen molar-refractivity contribution < 1.29 is 4.79 Å². The highest BCUT2D eigenvalue weighted by atomic mass is 16.1. The first kappa shape index (κ1) is 12.3. The van der Waals surface area contributed by atoms with Crippen molar-refractivity contribution in [2.45, 2.75) is 40.0 Å². The summed E-state index contributed by atoms with van der Waals surface area (Å²) in [4.78, 5) is 11.2. The molecule has 1 aliphatic rings. The minimum Gasteiger partial charge on any atom is -0.366 e. The van der Waals surface area contributed by atoms with E-state index in [1.807, 2.05) is 0 Å². The fourth-order valence-electron chi connectivity index (χ4n) is 2.79. The Morgan fingerprint density at radius 3 is 2.47 bits per heavy atom. The number of hydrogen-bond acceptors (Lipinski definition) is 1. The molecule has 0 aliphatic heterocycles. The van der Waals surface area contributed by atoms with Crippen molar-refractivity contribution in [3.8, 4) is 0 Å². The quantitative estimate of drug-likeness (QED) is 0.714. The van der Waals surface area contributed by atoms with Gasteiger partial charge in [0.2, 0.25) is 5.91 Å². The van der Waals surface area contributed by atoms with E-state index < -0.39 is 0 Å². The van der Waals surface area contributed by atoms with Crippen LogP contribution in [0.2, 0.25) is 0 Å². The Bertz CT molecular complexity index is 257. The normalized spacial score (nSPS) is 31.6. The lowest BCUT2D eigenvalue weighted by Gasteiger charge is -2.37. The van der Waals surface area contributed by atoms with E-state index in [0.29, 0.717) is 29.2 Å². The van der Waals surface area contributed by atoms with Gasteiger partial charge < -0.3 is 5.73 Å². The van der Waals surface area contributed by atoms with Crippen molar-refractivity contribution in [2.24, 2.45) is 29.4 Å². The molecule has 0 saturated heterocycles. The van der Waals surface area contributed by atoms with Crippen LogP contribution in [0.15, 0.2) is 12.2 Å². The predicted molar refractivity (Wildman–Crippen MR) is 63.2 cm³/mol. The standard InChI is InChI=1S/C13H23NO/c1-8(2)11-6-5-9(3)7-12(11)10(4)13(14)15/h8-9,11-12H,4-7H2,1-3H3,(H2,14,15). The van der Waals surface area contributed by atoms with Crippen LogP contribution in [0.4, 0.5) is 0 Å². The van der Waals surface area contributed by atoms with Crippen molar-refractivity contribution in [2.75, 3.05) is 0 Å². The van der Waals surface area contributed by atoms with Crippen LogP contribution in [0.25, 0.3) is 0 Å². The average molecular weight is 209 g/mol. The highest BCUT2D eigenvalue weighted by Crippen LogP contribution is 2.41. The minimum absolute atomic E-state index is 0.311. The van der Waals surface area contributed by atoms with Crippen LogP contribution >= 0.6 is 0 Å². The molecule has 0 aromatic rings. The fraction of sp³-hybridized carbons (Fsp3) is 0.769. The summed E-state index contributed by atoms with van der Waals surface area (Å²) in [6.45, 7) is 10.6. The maximum absolute atomic E-state index is 11.2. The molecule has 0 aromatic heterocycles. The van der Waals surface area contributed by atoms with Crippen LogP contribution in [0.1, 0.15) is 40.0 Å². The molecule has 1 rings (SSSR count). The number of hydrogen-bond donors (Lipinski definition) is 1. The first-order valence-electron chi connectivity index (χ1n) is 5.92. The van der Waals surface area contributed by atoms with Gasteiger partial charge in [-0.15, -0.1) is 0 Å². The number of primary amides is 1. The van der Waals surface area contributed by atoms with E-state index in [0.717, 1.165) is 6.42 Å². The Balaban J connectivity index is 2.79. The zero-order valence-corrected chi connectivity index (χ0v) is 10.1.